The molecular weight excluding hydrogens is 420 g/mol. The van der Waals surface area contributed by atoms with Gasteiger partial charge in [0.1, 0.15) is 5.76 Å². The first-order valence-electron chi connectivity index (χ1n) is 9.50. The van der Waals surface area contributed by atoms with Gasteiger partial charge in [-0.25, -0.2) is 17.9 Å². The highest BCUT2D eigenvalue weighted by atomic mass is 32.2. The summed E-state index contributed by atoms with van der Waals surface area (Å²) in [7, 11) is -3.78. The molecule has 0 aliphatic heterocycles. The van der Waals surface area contributed by atoms with E-state index in [0.717, 1.165) is 5.56 Å². The number of hydrogen-bond acceptors (Lipinski definition) is 6. The summed E-state index contributed by atoms with van der Waals surface area (Å²) in [5, 5.41) is 2.70. The van der Waals surface area contributed by atoms with E-state index in [4.69, 9.17) is 9.15 Å². The van der Waals surface area contributed by atoms with Crippen LogP contribution in [-0.4, -0.2) is 26.4 Å². The lowest BCUT2D eigenvalue weighted by Crippen LogP contribution is -2.35. The van der Waals surface area contributed by atoms with Crippen LogP contribution in [-0.2, 0) is 32.6 Å². The van der Waals surface area contributed by atoms with Gasteiger partial charge in [-0.2, -0.15) is 0 Å². The smallest absolute Gasteiger partial charge is 0.338 e. The summed E-state index contributed by atoms with van der Waals surface area (Å²) in [4.78, 5) is 24.4. The van der Waals surface area contributed by atoms with Crippen LogP contribution in [0.2, 0.25) is 0 Å². The maximum atomic E-state index is 12.3. The molecule has 1 amide bonds. The maximum absolute atomic E-state index is 12.3. The lowest BCUT2D eigenvalue weighted by Gasteiger charge is -2.14. The Balaban J connectivity index is 1.53. The first-order valence-corrected chi connectivity index (χ1v) is 11.0. The molecule has 0 aliphatic carbocycles. The minimum Gasteiger partial charge on any atom is -0.468 e. The van der Waals surface area contributed by atoms with Crippen LogP contribution in [0.25, 0.3) is 0 Å². The average molecular weight is 442 g/mol. The van der Waals surface area contributed by atoms with Gasteiger partial charge in [-0.05, 0) is 48.9 Å². The molecule has 8 nitrogen and oxygen atoms in total. The molecule has 0 fully saturated rings. The molecular formula is C22H22N2O6S. The molecule has 3 aromatic rings. The number of sulfonamides is 1. The minimum atomic E-state index is -3.78. The van der Waals surface area contributed by atoms with Crippen molar-refractivity contribution in [2.45, 2.75) is 31.0 Å². The molecule has 1 heterocycles. The minimum absolute atomic E-state index is 0.00866. The second-order valence-corrected chi connectivity index (χ2v) is 8.45. The van der Waals surface area contributed by atoms with Gasteiger partial charge in [0.2, 0.25) is 10.0 Å². The predicted octanol–water partition coefficient (Wildman–Crippen LogP) is 2.62. The standard InChI is InChI=1S/C22H22N2O6S/c1-16(21(25)23-14-17-6-3-2-4-7-17)30-22(26)18-9-11-20(12-10-18)31(27,28)24-15-19-8-5-13-29-19/h2-13,16,24H,14-15H2,1H3,(H,23,25). The van der Waals surface area contributed by atoms with Gasteiger partial charge in [0.15, 0.2) is 6.10 Å². The lowest BCUT2D eigenvalue weighted by molar-refractivity contribution is -0.129. The molecule has 0 aliphatic rings. The van der Waals surface area contributed by atoms with Crippen LogP contribution in [0.3, 0.4) is 0 Å². The average Bonchev–Trinajstić information content (AvgIpc) is 3.30. The fourth-order valence-corrected chi connectivity index (χ4v) is 3.64. The molecule has 1 atom stereocenters. The summed E-state index contributed by atoms with van der Waals surface area (Å²) in [6, 6.07) is 17.9. The third-order valence-electron chi connectivity index (χ3n) is 4.38. The molecule has 1 unspecified atom stereocenters. The highest BCUT2D eigenvalue weighted by molar-refractivity contribution is 7.89. The van der Waals surface area contributed by atoms with Gasteiger partial charge in [0, 0.05) is 6.54 Å². The highest BCUT2D eigenvalue weighted by Crippen LogP contribution is 2.13. The summed E-state index contributed by atoms with van der Waals surface area (Å²) < 4.78 is 37.4. The second-order valence-electron chi connectivity index (χ2n) is 6.68. The zero-order valence-corrected chi connectivity index (χ0v) is 17.6. The maximum Gasteiger partial charge on any atom is 0.338 e. The summed E-state index contributed by atoms with van der Waals surface area (Å²) >= 11 is 0. The van der Waals surface area contributed by atoms with E-state index < -0.39 is 28.0 Å². The van der Waals surface area contributed by atoms with Crippen molar-refractivity contribution < 1.29 is 27.2 Å². The molecule has 0 saturated heterocycles. The predicted molar refractivity (Wildman–Crippen MR) is 112 cm³/mol. The van der Waals surface area contributed by atoms with Crippen molar-refractivity contribution in [1.29, 1.82) is 0 Å². The number of benzene rings is 2. The number of ether oxygens (including phenoxy) is 1. The summed E-state index contributed by atoms with van der Waals surface area (Å²) in [5.74, 6) is -0.684. The van der Waals surface area contributed by atoms with Crippen LogP contribution in [0.15, 0.2) is 82.3 Å². The van der Waals surface area contributed by atoms with Gasteiger partial charge in [-0.3, -0.25) is 4.79 Å². The van der Waals surface area contributed by atoms with Crippen molar-refractivity contribution in [2.75, 3.05) is 0 Å². The Bertz CT molecular complexity index is 1110. The number of hydrogen-bond donors (Lipinski definition) is 2. The first-order chi connectivity index (χ1) is 14.8. The number of furan rings is 1. The van der Waals surface area contributed by atoms with Gasteiger partial charge in [0.25, 0.3) is 5.91 Å². The topological polar surface area (TPSA) is 115 Å². The number of esters is 1. The van der Waals surface area contributed by atoms with E-state index in [-0.39, 0.29) is 17.0 Å². The molecule has 9 heteroatoms. The highest BCUT2D eigenvalue weighted by Gasteiger charge is 2.20. The molecule has 0 saturated carbocycles. The fourth-order valence-electron chi connectivity index (χ4n) is 2.64. The number of carbonyl (C=O) groups excluding carboxylic acids is 2. The largest absolute Gasteiger partial charge is 0.468 e. The molecule has 0 spiro atoms. The van der Waals surface area contributed by atoms with E-state index in [1.54, 1.807) is 12.1 Å². The molecule has 3 rings (SSSR count). The van der Waals surface area contributed by atoms with Crippen molar-refractivity contribution in [1.82, 2.24) is 10.0 Å². The van der Waals surface area contributed by atoms with Crippen molar-refractivity contribution in [3.05, 3.63) is 89.9 Å². The molecule has 0 radical (unpaired) electrons. The van der Waals surface area contributed by atoms with Crippen molar-refractivity contribution in [3.8, 4) is 0 Å². The van der Waals surface area contributed by atoms with E-state index in [0.29, 0.717) is 12.3 Å². The van der Waals surface area contributed by atoms with Crippen LogP contribution in [0.4, 0.5) is 0 Å². The SMILES string of the molecule is CC(OC(=O)c1ccc(S(=O)(=O)NCc2ccco2)cc1)C(=O)NCc1ccccc1. The fraction of sp³-hybridized carbons (Fsp3) is 0.182. The van der Waals surface area contributed by atoms with Crippen molar-refractivity contribution >= 4 is 21.9 Å². The molecule has 2 N–H and O–H groups in total. The Hall–Kier alpha value is -3.43. The Morgan fingerprint density at radius 1 is 0.968 bits per heavy atom. The lowest BCUT2D eigenvalue weighted by atomic mass is 10.2. The molecule has 31 heavy (non-hydrogen) atoms. The third-order valence-corrected chi connectivity index (χ3v) is 5.80. The van der Waals surface area contributed by atoms with Crippen LogP contribution in [0.5, 0.6) is 0 Å². The van der Waals surface area contributed by atoms with Gasteiger partial charge >= 0.3 is 5.97 Å². The first kappa shape index (κ1) is 22.3. The quantitative estimate of drug-likeness (QED) is 0.493. The Morgan fingerprint density at radius 3 is 2.32 bits per heavy atom. The Morgan fingerprint density at radius 2 is 1.68 bits per heavy atom. The summed E-state index contributed by atoms with van der Waals surface area (Å²) in [6.07, 6.45) is 0.446. The van der Waals surface area contributed by atoms with E-state index in [9.17, 15) is 18.0 Å². The summed E-state index contributed by atoms with van der Waals surface area (Å²) in [6.45, 7) is 1.80. The normalized spacial score (nSPS) is 12.2. The van der Waals surface area contributed by atoms with E-state index in [1.807, 2.05) is 30.3 Å². The van der Waals surface area contributed by atoms with E-state index >= 15 is 0 Å². The Labute approximate surface area is 180 Å². The van der Waals surface area contributed by atoms with Crippen LogP contribution in [0, 0.1) is 0 Å². The summed E-state index contributed by atoms with van der Waals surface area (Å²) in [5.41, 5.74) is 1.06. The van der Waals surface area contributed by atoms with Gasteiger partial charge in [0.05, 0.1) is 23.3 Å². The Kier molecular flexibility index (Phi) is 7.22. The number of rotatable bonds is 9. The van der Waals surface area contributed by atoms with Crippen molar-refractivity contribution in [3.63, 3.8) is 0 Å². The number of carbonyl (C=O) groups is 2. The zero-order valence-electron chi connectivity index (χ0n) is 16.8. The third kappa shape index (κ3) is 6.27. The molecule has 162 valence electrons. The van der Waals surface area contributed by atoms with Gasteiger partial charge < -0.3 is 14.5 Å². The monoisotopic (exact) mass is 442 g/mol. The molecule has 0 bridgehead atoms. The van der Waals surface area contributed by atoms with E-state index in [2.05, 4.69) is 10.0 Å². The number of amides is 1. The van der Waals surface area contributed by atoms with Gasteiger partial charge in [-0.1, -0.05) is 30.3 Å². The van der Waals surface area contributed by atoms with Crippen molar-refractivity contribution in [2.24, 2.45) is 0 Å². The second kappa shape index (κ2) is 10.1. The molecule has 2 aromatic carbocycles. The zero-order chi connectivity index (χ0) is 22.3. The van der Waals surface area contributed by atoms with E-state index in [1.165, 1.54) is 37.5 Å². The van der Waals surface area contributed by atoms with Gasteiger partial charge in [-0.15, -0.1) is 0 Å². The number of nitrogens with one attached hydrogen (secondary N) is 2. The van der Waals surface area contributed by atoms with Crippen LogP contribution >= 0.6 is 0 Å². The molecule has 1 aromatic heterocycles. The van der Waals surface area contributed by atoms with Crippen LogP contribution in [0.1, 0.15) is 28.6 Å². The van der Waals surface area contributed by atoms with Crippen LogP contribution < -0.4 is 10.0 Å².